The lowest BCUT2D eigenvalue weighted by molar-refractivity contribution is -0.119. The summed E-state index contributed by atoms with van der Waals surface area (Å²) in [6.07, 6.45) is 8.04. The van der Waals surface area contributed by atoms with E-state index in [1.54, 1.807) is 6.07 Å². The molecule has 6 nitrogen and oxygen atoms in total. The van der Waals surface area contributed by atoms with Crippen LogP contribution in [0, 0.1) is 17.3 Å². The van der Waals surface area contributed by atoms with Crippen molar-refractivity contribution in [1.29, 1.82) is 0 Å². The van der Waals surface area contributed by atoms with Gasteiger partial charge in [0.05, 0.1) is 0 Å². The molecule has 4 rings (SSSR count). The monoisotopic (exact) mass is 432 g/mol. The molecule has 30 heavy (non-hydrogen) atoms. The van der Waals surface area contributed by atoms with Gasteiger partial charge in [0.25, 0.3) is 0 Å². The van der Waals surface area contributed by atoms with Gasteiger partial charge >= 0.3 is 10.3 Å². The minimum atomic E-state index is -4.02. The molecule has 1 aromatic carbocycles. The Kier molecular flexibility index (Phi) is 5.47. The highest BCUT2D eigenvalue weighted by molar-refractivity contribution is 7.84. The van der Waals surface area contributed by atoms with Crippen molar-refractivity contribution >= 4 is 16.2 Å². The summed E-state index contributed by atoms with van der Waals surface area (Å²) in [6, 6.07) is 5.72. The first-order valence-electron chi connectivity index (χ1n) is 11.0. The fraction of sp³-hybridized carbons (Fsp3) is 0.609. The number of nitrogens with one attached hydrogen (secondary N) is 1. The molecular weight excluding hydrogens is 400 g/mol. The zero-order valence-electron chi connectivity index (χ0n) is 18.0. The van der Waals surface area contributed by atoms with E-state index in [0.29, 0.717) is 17.8 Å². The van der Waals surface area contributed by atoms with Crippen LogP contribution in [0.25, 0.3) is 0 Å². The average molecular weight is 433 g/mol. The van der Waals surface area contributed by atoms with E-state index >= 15 is 0 Å². The molecule has 5 atom stereocenters. The molecule has 1 amide bonds. The number of amides is 1. The number of carbonyl (C=O) groups excluding carboxylic acids is 1. The van der Waals surface area contributed by atoms with Crippen LogP contribution in [0.3, 0.4) is 0 Å². The Bertz CT molecular complexity index is 987. The molecule has 1 unspecified atom stereocenters. The first-order chi connectivity index (χ1) is 14.1. The molecule has 0 saturated heterocycles. The number of hydrogen-bond acceptors (Lipinski definition) is 4. The SMILES string of the molecule is CCC(C)NC(=O)C1=CC[C@H]2[C@@H]3CCc4cc(OS(N)(=O)=O)ccc4[C@H]3CC[C@]12C. The number of rotatable bonds is 5. The van der Waals surface area contributed by atoms with Crippen molar-refractivity contribution in [2.24, 2.45) is 22.4 Å². The van der Waals surface area contributed by atoms with Gasteiger partial charge in [0.1, 0.15) is 5.75 Å². The van der Waals surface area contributed by atoms with Crippen LogP contribution in [0.4, 0.5) is 0 Å². The highest BCUT2D eigenvalue weighted by Crippen LogP contribution is 2.61. The maximum atomic E-state index is 12.9. The summed E-state index contributed by atoms with van der Waals surface area (Å²) in [4.78, 5) is 12.9. The van der Waals surface area contributed by atoms with E-state index in [1.165, 1.54) is 5.56 Å². The Morgan fingerprint density at radius 1 is 1.37 bits per heavy atom. The lowest BCUT2D eigenvalue weighted by Gasteiger charge is -2.50. The molecule has 0 bridgehead atoms. The van der Waals surface area contributed by atoms with Crippen LogP contribution >= 0.6 is 0 Å². The van der Waals surface area contributed by atoms with E-state index < -0.39 is 10.3 Å². The van der Waals surface area contributed by atoms with E-state index in [4.69, 9.17) is 9.32 Å². The molecule has 1 saturated carbocycles. The molecular formula is C23H32N2O4S. The van der Waals surface area contributed by atoms with Gasteiger partial charge < -0.3 is 9.50 Å². The van der Waals surface area contributed by atoms with Crippen molar-refractivity contribution in [2.75, 3.05) is 0 Å². The standard InChI is InChI=1S/C23H32N2O4S/c1-4-14(2)25-22(26)21-10-9-20-19-7-5-15-13-16(29-30(24,27)28)6-8-17(15)18(19)11-12-23(20,21)3/h6,8,10,13-14,18-20H,4-5,7,9,11-12H2,1-3H3,(H,25,26)(H2,24,27,28)/t14?,18-,19-,20+,23+/m1/s1. The number of hydrogen-bond donors (Lipinski definition) is 2. The third kappa shape index (κ3) is 3.78. The number of carbonyl (C=O) groups is 1. The summed E-state index contributed by atoms with van der Waals surface area (Å²) in [6.45, 7) is 6.42. The predicted octanol–water partition coefficient (Wildman–Crippen LogP) is 3.58. The number of benzene rings is 1. The Balaban J connectivity index is 1.55. The van der Waals surface area contributed by atoms with Crippen molar-refractivity contribution in [3.05, 3.63) is 41.0 Å². The Morgan fingerprint density at radius 3 is 2.83 bits per heavy atom. The second-order valence-corrected chi connectivity index (χ2v) is 10.6. The van der Waals surface area contributed by atoms with Gasteiger partial charge in [-0.25, -0.2) is 0 Å². The number of fused-ring (bicyclic) bond motifs is 5. The third-order valence-electron chi connectivity index (χ3n) is 7.73. The highest BCUT2D eigenvalue weighted by Gasteiger charge is 2.53. The summed E-state index contributed by atoms with van der Waals surface area (Å²) < 4.78 is 27.4. The molecule has 0 aliphatic heterocycles. The first kappa shape index (κ1) is 21.4. The largest absolute Gasteiger partial charge is 0.380 e. The van der Waals surface area contributed by atoms with Crippen LogP contribution in [-0.4, -0.2) is 20.4 Å². The molecule has 7 heteroatoms. The molecule has 1 fully saturated rings. The molecule has 3 aliphatic rings. The van der Waals surface area contributed by atoms with Crippen molar-refractivity contribution < 1.29 is 17.4 Å². The molecule has 3 N–H and O–H groups in total. The highest BCUT2D eigenvalue weighted by atomic mass is 32.2. The van der Waals surface area contributed by atoms with Crippen molar-refractivity contribution in [2.45, 2.75) is 71.3 Å². The van der Waals surface area contributed by atoms with Crippen molar-refractivity contribution in [3.63, 3.8) is 0 Å². The van der Waals surface area contributed by atoms with Gasteiger partial charge in [-0.15, -0.1) is 0 Å². The van der Waals surface area contributed by atoms with E-state index in [2.05, 4.69) is 32.2 Å². The average Bonchev–Trinajstić information content (AvgIpc) is 3.03. The fourth-order valence-corrected chi connectivity index (χ4v) is 6.44. The molecule has 1 aromatic rings. The maximum Gasteiger partial charge on any atom is 0.380 e. The maximum absolute atomic E-state index is 12.9. The number of allylic oxidation sites excluding steroid dienone is 1. The summed E-state index contributed by atoms with van der Waals surface area (Å²) in [5, 5.41) is 8.17. The molecule has 164 valence electrons. The Morgan fingerprint density at radius 2 is 2.13 bits per heavy atom. The topological polar surface area (TPSA) is 98.5 Å². The van der Waals surface area contributed by atoms with Gasteiger partial charge in [-0.3, -0.25) is 4.79 Å². The summed E-state index contributed by atoms with van der Waals surface area (Å²) >= 11 is 0. The number of nitrogens with two attached hydrogens (primary N) is 1. The fourth-order valence-electron chi connectivity index (χ4n) is 6.07. The molecule has 0 aromatic heterocycles. The minimum Gasteiger partial charge on any atom is -0.371 e. The van der Waals surface area contributed by atoms with Gasteiger partial charge in [-0.1, -0.05) is 26.0 Å². The van der Waals surface area contributed by atoms with E-state index in [1.807, 2.05) is 12.1 Å². The van der Waals surface area contributed by atoms with Gasteiger partial charge in [-0.2, -0.15) is 13.6 Å². The third-order valence-corrected chi connectivity index (χ3v) is 8.15. The van der Waals surface area contributed by atoms with E-state index in [9.17, 15) is 13.2 Å². The van der Waals surface area contributed by atoms with Crippen LogP contribution < -0.4 is 14.6 Å². The molecule has 0 radical (unpaired) electrons. The normalized spacial score (nSPS) is 31.1. The van der Waals surface area contributed by atoms with Crippen LogP contribution in [0.15, 0.2) is 29.8 Å². The Hall–Kier alpha value is -1.86. The van der Waals surface area contributed by atoms with Gasteiger partial charge in [0.2, 0.25) is 5.91 Å². The van der Waals surface area contributed by atoms with Gasteiger partial charge in [-0.05, 0) is 86.5 Å². The first-order valence-corrected chi connectivity index (χ1v) is 12.5. The van der Waals surface area contributed by atoms with Gasteiger partial charge in [0.15, 0.2) is 0 Å². The Labute approximate surface area is 179 Å². The van der Waals surface area contributed by atoms with Crippen LogP contribution in [-0.2, 0) is 21.5 Å². The predicted molar refractivity (Wildman–Crippen MR) is 116 cm³/mol. The van der Waals surface area contributed by atoms with Crippen LogP contribution in [0.1, 0.15) is 69.9 Å². The van der Waals surface area contributed by atoms with Crippen LogP contribution in [0.2, 0.25) is 0 Å². The lowest BCUT2D eigenvalue weighted by atomic mass is 9.54. The van der Waals surface area contributed by atoms with Gasteiger partial charge in [0, 0.05) is 17.0 Å². The quantitative estimate of drug-likeness (QED) is 0.743. The van der Waals surface area contributed by atoms with E-state index in [-0.39, 0.29) is 23.1 Å². The van der Waals surface area contributed by atoms with Crippen molar-refractivity contribution in [3.8, 4) is 5.75 Å². The van der Waals surface area contributed by atoms with Crippen molar-refractivity contribution in [1.82, 2.24) is 5.32 Å². The zero-order chi connectivity index (χ0) is 21.7. The van der Waals surface area contributed by atoms with Crippen LogP contribution in [0.5, 0.6) is 5.75 Å². The summed E-state index contributed by atoms with van der Waals surface area (Å²) in [5.41, 5.74) is 3.37. The molecule has 0 spiro atoms. The molecule has 0 heterocycles. The van der Waals surface area contributed by atoms with E-state index in [0.717, 1.165) is 49.7 Å². The molecule has 3 aliphatic carbocycles. The second kappa shape index (κ2) is 7.68. The summed E-state index contributed by atoms with van der Waals surface area (Å²) in [7, 11) is -4.02. The summed E-state index contributed by atoms with van der Waals surface area (Å²) in [5.74, 6) is 1.84. The zero-order valence-corrected chi connectivity index (χ0v) is 18.8. The minimum absolute atomic E-state index is 0.0626. The smallest absolute Gasteiger partial charge is 0.371 e. The lowest BCUT2D eigenvalue weighted by Crippen LogP contribution is -2.44. The second-order valence-electron chi connectivity index (χ2n) is 9.44. The number of aryl methyl sites for hydroxylation is 1.